The maximum absolute atomic E-state index is 13.7. The summed E-state index contributed by atoms with van der Waals surface area (Å²) in [6.07, 6.45) is 9.95. The van der Waals surface area contributed by atoms with E-state index in [1.54, 1.807) is 17.9 Å². The Hall–Kier alpha value is -1.94. The SMILES string of the molecule is CO[C@@H]1CC[C@H](Cn2c(=O)n(C3=CCCCC3)c3ncc(B4OC(C)(C)C(C)(C)O4)cc32)OC1. The molecule has 0 radical (unpaired) electrons. The third-order valence-corrected chi connectivity index (χ3v) is 7.92. The Balaban J connectivity index is 1.55. The Bertz CT molecular complexity index is 1130. The van der Waals surface area contributed by atoms with Crippen LogP contribution in [-0.4, -0.2) is 58.4 Å². The van der Waals surface area contributed by atoms with Gasteiger partial charge in [-0.25, -0.2) is 14.3 Å². The van der Waals surface area contributed by atoms with Crippen molar-refractivity contribution < 1.29 is 18.8 Å². The van der Waals surface area contributed by atoms with Gasteiger partial charge in [-0.2, -0.15) is 0 Å². The molecule has 2 aromatic rings. The van der Waals surface area contributed by atoms with E-state index in [2.05, 4.69) is 6.08 Å². The fourth-order valence-corrected chi connectivity index (χ4v) is 5.03. The maximum Gasteiger partial charge on any atom is 0.496 e. The molecular weight excluding hydrogens is 433 g/mol. The minimum atomic E-state index is -0.531. The highest BCUT2D eigenvalue weighted by Crippen LogP contribution is 2.36. The van der Waals surface area contributed by atoms with E-state index in [9.17, 15) is 4.79 Å². The first-order valence-corrected chi connectivity index (χ1v) is 12.5. The minimum Gasteiger partial charge on any atom is -0.399 e. The van der Waals surface area contributed by atoms with Crippen molar-refractivity contribution in [1.82, 2.24) is 14.1 Å². The van der Waals surface area contributed by atoms with Crippen LogP contribution < -0.4 is 11.2 Å². The molecule has 0 bridgehead atoms. The summed E-state index contributed by atoms with van der Waals surface area (Å²) < 4.78 is 27.6. The van der Waals surface area contributed by atoms with Crippen molar-refractivity contribution in [3.63, 3.8) is 0 Å². The Morgan fingerprint density at radius 3 is 2.56 bits per heavy atom. The molecule has 2 saturated heterocycles. The standard InChI is InChI=1S/C25H36BN3O5/c1-24(2)25(3,4)34-26(33-24)17-13-21-22(27-14-17)29(18-9-7-6-8-10-18)23(30)28(21)15-19-11-12-20(31-5)16-32-19/h9,13-14,19-20H,6-8,10-12,15-16H2,1-5H3/t19-,20-/m1/s1. The Kier molecular flexibility index (Phi) is 6.25. The molecule has 0 N–H and O–H groups in total. The van der Waals surface area contributed by atoms with Crippen LogP contribution in [0.2, 0.25) is 0 Å². The summed E-state index contributed by atoms with van der Waals surface area (Å²) in [5, 5.41) is 0. The van der Waals surface area contributed by atoms with Crippen molar-refractivity contribution in [2.45, 2.75) is 96.2 Å². The van der Waals surface area contributed by atoms with E-state index in [0.29, 0.717) is 18.8 Å². The number of imidazole rings is 1. The molecule has 0 aromatic carbocycles. The van der Waals surface area contributed by atoms with Gasteiger partial charge in [0, 0.05) is 24.5 Å². The molecule has 2 fully saturated rings. The molecule has 4 heterocycles. The van der Waals surface area contributed by atoms with E-state index >= 15 is 0 Å². The molecule has 2 aliphatic heterocycles. The topological polar surface area (TPSA) is 76.7 Å². The molecule has 184 valence electrons. The quantitative estimate of drug-likeness (QED) is 0.627. The van der Waals surface area contributed by atoms with E-state index in [1.807, 2.05) is 38.3 Å². The molecule has 0 unspecified atom stereocenters. The third-order valence-electron chi connectivity index (χ3n) is 7.92. The lowest BCUT2D eigenvalue weighted by Gasteiger charge is -2.32. The molecule has 0 spiro atoms. The molecule has 2 aromatic heterocycles. The lowest BCUT2D eigenvalue weighted by molar-refractivity contribution is -0.0757. The second-order valence-corrected chi connectivity index (χ2v) is 10.8. The van der Waals surface area contributed by atoms with Gasteiger partial charge in [0.05, 0.1) is 42.1 Å². The van der Waals surface area contributed by atoms with Crippen LogP contribution >= 0.6 is 0 Å². The fourth-order valence-electron chi connectivity index (χ4n) is 5.03. The molecule has 0 saturated carbocycles. The zero-order chi connectivity index (χ0) is 24.1. The molecule has 9 heteroatoms. The first-order chi connectivity index (χ1) is 16.2. The van der Waals surface area contributed by atoms with Gasteiger partial charge in [0.2, 0.25) is 0 Å². The van der Waals surface area contributed by atoms with Crippen molar-refractivity contribution in [3.05, 3.63) is 28.8 Å². The minimum absolute atomic E-state index is 0.0380. The number of allylic oxidation sites excluding steroid dienone is 2. The summed E-state index contributed by atoms with van der Waals surface area (Å²) in [5.74, 6) is 0. The lowest BCUT2D eigenvalue weighted by atomic mass is 9.80. The molecule has 5 rings (SSSR count). The van der Waals surface area contributed by atoms with Gasteiger partial charge < -0.3 is 18.8 Å². The number of aromatic nitrogens is 3. The number of hydrogen-bond acceptors (Lipinski definition) is 6. The van der Waals surface area contributed by atoms with Gasteiger partial charge in [-0.3, -0.25) is 4.57 Å². The Morgan fingerprint density at radius 1 is 1.18 bits per heavy atom. The van der Waals surface area contributed by atoms with Gasteiger partial charge in [-0.05, 0) is 72.3 Å². The molecule has 34 heavy (non-hydrogen) atoms. The second-order valence-electron chi connectivity index (χ2n) is 10.8. The number of rotatable bonds is 5. The van der Waals surface area contributed by atoms with E-state index in [1.165, 1.54) is 0 Å². The summed E-state index contributed by atoms with van der Waals surface area (Å²) >= 11 is 0. The second kappa shape index (κ2) is 8.93. The molecule has 8 nitrogen and oxygen atoms in total. The summed E-state index contributed by atoms with van der Waals surface area (Å²) in [4.78, 5) is 18.5. The van der Waals surface area contributed by atoms with Gasteiger partial charge in [-0.1, -0.05) is 6.08 Å². The number of pyridine rings is 1. The van der Waals surface area contributed by atoms with Crippen molar-refractivity contribution in [1.29, 1.82) is 0 Å². The van der Waals surface area contributed by atoms with Crippen molar-refractivity contribution in [2.75, 3.05) is 13.7 Å². The molecule has 0 amide bonds. The third kappa shape index (κ3) is 4.17. The van der Waals surface area contributed by atoms with E-state index in [4.69, 9.17) is 23.8 Å². The van der Waals surface area contributed by atoms with Gasteiger partial charge in [0.15, 0.2) is 5.65 Å². The highest BCUT2D eigenvalue weighted by molar-refractivity contribution is 6.62. The number of methoxy groups -OCH3 is 1. The van der Waals surface area contributed by atoms with E-state index < -0.39 is 18.3 Å². The molecule has 2 atom stereocenters. The van der Waals surface area contributed by atoms with Crippen molar-refractivity contribution >= 4 is 29.4 Å². The van der Waals surface area contributed by atoms with Crippen LogP contribution in [0, 0.1) is 0 Å². The summed E-state index contributed by atoms with van der Waals surface area (Å²) in [5.41, 5.74) is 2.39. The zero-order valence-corrected chi connectivity index (χ0v) is 21.0. The summed E-state index contributed by atoms with van der Waals surface area (Å²) in [6, 6.07) is 2.01. The molecule has 1 aliphatic carbocycles. The van der Waals surface area contributed by atoms with Crippen LogP contribution in [0.25, 0.3) is 16.9 Å². The van der Waals surface area contributed by atoms with Crippen LogP contribution in [-0.2, 0) is 25.3 Å². The summed E-state index contributed by atoms with van der Waals surface area (Å²) in [7, 11) is 1.18. The first-order valence-electron chi connectivity index (χ1n) is 12.5. The summed E-state index contributed by atoms with van der Waals surface area (Å²) in [6.45, 7) is 9.18. The number of hydrogen-bond donors (Lipinski definition) is 0. The van der Waals surface area contributed by atoms with E-state index in [0.717, 1.165) is 55.2 Å². The average Bonchev–Trinajstić information content (AvgIpc) is 3.22. The first kappa shape index (κ1) is 23.8. The predicted octanol–water partition coefficient (Wildman–Crippen LogP) is 3.11. The normalized spacial score (nSPS) is 26.7. The van der Waals surface area contributed by atoms with Crippen molar-refractivity contribution in [2.24, 2.45) is 0 Å². The van der Waals surface area contributed by atoms with E-state index in [-0.39, 0.29) is 17.9 Å². The Morgan fingerprint density at radius 2 is 1.94 bits per heavy atom. The van der Waals surface area contributed by atoms with Gasteiger partial charge in [-0.15, -0.1) is 0 Å². The lowest BCUT2D eigenvalue weighted by Crippen LogP contribution is -2.41. The highest BCUT2D eigenvalue weighted by Gasteiger charge is 2.52. The van der Waals surface area contributed by atoms with Crippen LogP contribution in [0.4, 0.5) is 0 Å². The van der Waals surface area contributed by atoms with Crippen LogP contribution in [0.1, 0.15) is 66.2 Å². The molecular formula is C25H36BN3O5. The van der Waals surface area contributed by atoms with Crippen LogP contribution in [0.3, 0.4) is 0 Å². The maximum atomic E-state index is 13.7. The van der Waals surface area contributed by atoms with Gasteiger partial charge in [0.25, 0.3) is 0 Å². The Labute approximate surface area is 201 Å². The number of fused-ring (bicyclic) bond motifs is 1. The average molecular weight is 469 g/mol. The smallest absolute Gasteiger partial charge is 0.399 e. The monoisotopic (exact) mass is 469 g/mol. The van der Waals surface area contributed by atoms with Crippen LogP contribution in [0.15, 0.2) is 23.1 Å². The highest BCUT2D eigenvalue weighted by atomic mass is 16.7. The number of nitrogens with zero attached hydrogens (tertiary/aromatic N) is 3. The molecule has 3 aliphatic rings. The van der Waals surface area contributed by atoms with Crippen molar-refractivity contribution in [3.8, 4) is 0 Å². The number of ether oxygens (including phenoxy) is 2. The van der Waals surface area contributed by atoms with Gasteiger partial charge in [0.1, 0.15) is 0 Å². The zero-order valence-electron chi connectivity index (χ0n) is 21.0. The predicted molar refractivity (Wildman–Crippen MR) is 132 cm³/mol. The van der Waals surface area contributed by atoms with Gasteiger partial charge >= 0.3 is 12.8 Å². The van der Waals surface area contributed by atoms with Crippen LogP contribution in [0.5, 0.6) is 0 Å². The largest absolute Gasteiger partial charge is 0.496 e. The fraction of sp³-hybridized carbons (Fsp3) is 0.680.